The Bertz CT molecular complexity index is 1330. The van der Waals surface area contributed by atoms with E-state index in [0.29, 0.717) is 19.3 Å². The molecule has 256 valence electrons. The Kier molecular flexibility index (Phi) is 16.7. The number of imide groups is 1. The molecule has 0 saturated heterocycles. The first-order valence-corrected chi connectivity index (χ1v) is 16.0. The number of carbonyl (C=O) groups is 4. The topological polar surface area (TPSA) is 195 Å². The molecular formula is C35H51N7O5. The molecule has 4 amide bonds. The third-order valence-corrected chi connectivity index (χ3v) is 7.32. The molecule has 2 rings (SSSR count). The molecule has 0 fully saturated rings. The maximum Gasteiger partial charge on any atom is 0.408 e. The number of guanidine groups is 1. The fourth-order valence-electron chi connectivity index (χ4n) is 4.86. The number of carbonyl (C=O) groups excluding carboxylic acids is 4. The van der Waals surface area contributed by atoms with Gasteiger partial charge in [0.25, 0.3) is 5.91 Å². The molecule has 2 aromatic rings. The summed E-state index contributed by atoms with van der Waals surface area (Å²) in [6.45, 7) is 7.72. The molecule has 47 heavy (non-hydrogen) atoms. The minimum absolute atomic E-state index is 0.0120. The van der Waals surface area contributed by atoms with Gasteiger partial charge in [-0.15, -0.1) is 0 Å². The van der Waals surface area contributed by atoms with Crippen LogP contribution < -0.4 is 27.8 Å². The van der Waals surface area contributed by atoms with Crippen molar-refractivity contribution >= 4 is 29.8 Å². The smallest absolute Gasteiger partial charge is 0.408 e. The quantitative estimate of drug-likeness (QED) is 0.0703. The minimum atomic E-state index is -1.16. The second-order valence-corrected chi connectivity index (χ2v) is 12.1. The van der Waals surface area contributed by atoms with Gasteiger partial charge in [-0.25, -0.2) is 4.79 Å². The predicted molar refractivity (Wildman–Crippen MR) is 184 cm³/mol. The Labute approximate surface area is 278 Å². The summed E-state index contributed by atoms with van der Waals surface area (Å²) in [5.74, 6) is -1.91. The number of amides is 4. The summed E-state index contributed by atoms with van der Waals surface area (Å²) < 4.78 is 5.39. The molecule has 0 radical (unpaired) electrons. The highest BCUT2D eigenvalue weighted by atomic mass is 16.5. The fourth-order valence-corrected chi connectivity index (χ4v) is 4.86. The van der Waals surface area contributed by atoms with E-state index in [1.54, 1.807) is 18.2 Å². The van der Waals surface area contributed by atoms with E-state index < -0.39 is 36.0 Å². The number of allylic oxidation sites excluding steroid dienone is 1. The number of nitrogens with zero attached hydrogens (tertiary/aromatic N) is 2. The molecule has 0 aliphatic rings. The van der Waals surface area contributed by atoms with E-state index in [0.717, 1.165) is 16.0 Å². The van der Waals surface area contributed by atoms with Crippen LogP contribution in [0.1, 0.15) is 58.1 Å². The third-order valence-electron chi connectivity index (χ3n) is 7.32. The highest BCUT2D eigenvalue weighted by Crippen LogP contribution is 2.18. The Hall–Kier alpha value is -4.71. The number of aliphatic imine (C=N–C) groups is 1. The number of alkyl carbamates (subject to hydrolysis) is 1. The van der Waals surface area contributed by atoms with E-state index in [1.807, 2.05) is 76.2 Å². The van der Waals surface area contributed by atoms with E-state index in [2.05, 4.69) is 15.6 Å². The standard InChI is InChI=1S/C35H51N7O5/c1-24(2)21-28(36)32(44)42(30(25(3)4)22-40-31(43)19-11-17-26-13-7-5-8-14-26)33(45)29(18-12-20-39-34(37)38)41-35(46)47-23-27-15-9-6-10-16-27/h5-11,13-16,19,24-25,28-30H,12,17-18,20-23,36H2,1-4H3,(H,40,43)(H,41,46)(H4,37,38,39)/b19-11+/t28-,29-,30+/m0/s1. The van der Waals surface area contributed by atoms with Crippen LogP contribution >= 0.6 is 0 Å². The molecule has 0 unspecified atom stereocenters. The third kappa shape index (κ3) is 14.5. The van der Waals surface area contributed by atoms with Crippen molar-refractivity contribution in [2.75, 3.05) is 13.1 Å². The lowest BCUT2D eigenvalue weighted by atomic mass is 9.97. The zero-order valence-electron chi connectivity index (χ0n) is 27.9. The Morgan fingerprint density at radius 3 is 2.11 bits per heavy atom. The summed E-state index contributed by atoms with van der Waals surface area (Å²) in [6, 6.07) is 15.9. The Morgan fingerprint density at radius 2 is 1.53 bits per heavy atom. The molecule has 0 aliphatic heterocycles. The summed E-state index contributed by atoms with van der Waals surface area (Å²) in [5, 5.41) is 5.47. The summed E-state index contributed by atoms with van der Waals surface area (Å²) in [5.41, 5.74) is 19.1. The van der Waals surface area contributed by atoms with E-state index in [1.165, 1.54) is 6.08 Å². The van der Waals surface area contributed by atoms with Crippen molar-refractivity contribution in [2.45, 2.75) is 78.1 Å². The van der Waals surface area contributed by atoms with Gasteiger partial charge in [-0.1, -0.05) is 94.4 Å². The minimum Gasteiger partial charge on any atom is -0.445 e. The van der Waals surface area contributed by atoms with Gasteiger partial charge in [0.15, 0.2) is 5.96 Å². The fraction of sp³-hybridized carbons (Fsp3) is 0.457. The second kappa shape index (κ2) is 20.4. The molecule has 0 spiro atoms. The van der Waals surface area contributed by atoms with Gasteiger partial charge in [0.2, 0.25) is 11.8 Å². The average molecular weight is 650 g/mol. The lowest BCUT2D eigenvalue weighted by molar-refractivity contribution is -0.151. The van der Waals surface area contributed by atoms with E-state index >= 15 is 0 Å². The summed E-state index contributed by atoms with van der Waals surface area (Å²) >= 11 is 0. The highest BCUT2D eigenvalue weighted by molar-refractivity contribution is 6.01. The first-order chi connectivity index (χ1) is 22.4. The number of rotatable bonds is 18. The van der Waals surface area contributed by atoms with E-state index in [9.17, 15) is 19.2 Å². The molecule has 3 atom stereocenters. The lowest BCUT2D eigenvalue weighted by Gasteiger charge is -2.37. The highest BCUT2D eigenvalue weighted by Gasteiger charge is 2.38. The molecule has 0 saturated carbocycles. The molecule has 0 aliphatic carbocycles. The zero-order valence-corrected chi connectivity index (χ0v) is 27.9. The van der Waals surface area contributed by atoms with Gasteiger partial charge in [-0.3, -0.25) is 24.3 Å². The summed E-state index contributed by atoms with van der Waals surface area (Å²) in [7, 11) is 0. The monoisotopic (exact) mass is 649 g/mol. The van der Waals surface area contributed by atoms with Gasteiger partial charge in [0, 0.05) is 13.1 Å². The van der Waals surface area contributed by atoms with Crippen LogP contribution in [0, 0.1) is 11.8 Å². The van der Waals surface area contributed by atoms with Crippen LogP contribution in [0.2, 0.25) is 0 Å². The Balaban J connectivity index is 2.31. The van der Waals surface area contributed by atoms with Crippen LogP contribution in [0.5, 0.6) is 0 Å². The van der Waals surface area contributed by atoms with Crippen molar-refractivity contribution < 1.29 is 23.9 Å². The second-order valence-electron chi connectivity index (χ2n) is 12.1. The van der Waals surface area contributed by atoms with Gasteiger partial charge in [0.05, 0.1) is 12.1 Å². The van der Waals surface area contributed by atoms with Crippen LogP contribution in [0.3, 0.4) is 0 Å². The van der Waals surface area contributed by atoms with Crippen molar-refractivity contribution in [3.05, 3.63) is 83.9 Å². The molecule has 0 aromatic heterocycles. The molecule has 0 heterocycles. The van der Waals surface area contributed by atoms with Crippen LogP contribution in [0.15, 0.2) is 77.8 Å². The lowest BCUT2D eigenvalue weighted by Crippen LogP contribution is -2.61. The predicted octanol–water partition coefficient (Wildman–Crippen LogP) is 3.00. The number of benzene rings is 2. The van der Waals surface area contributed by atoms with Crippen molar-refractivity contribution in [3.63, 3.8) is 0 Å². The van der Waals surface area contributed by atoms with E-state index in [-0.39, 0.29) is 49.8 Å². The number of hydrogen-bond donors (Lipinski definition) is 5. The molecular weight excluding hydrogens is 598 g/mol. The number of hydrogen-bond acceptors (Lipinski definition) is 7. The van der Waals surface area contributed by atoms with Crippen molar-refractivity contribution in [1.82, 2.24) is 15.5 Å². The SMILES string of the molecule is CC(C)C[C@H](N)C(=O)N(C(=O)[C@H](CCCN=C(N)N)NC(=O)OCc1ccccc1)[C@H](CNC(=O)/C=C/Cc1ccccc1)C(C)C. The first kappa shape index (κ1) is 38.5. The van der Waals surface area contributed by atoms with Gasteiger partial charge < -0.3 is 32.6 Å². The molecule has 2 aromatic carbocycles. The Morgan fingerprint density at radius 1 is 0.915 bits per heavy atom. The van der Waals surface area contributed by atoms with Crippen LogP contribution in [-0.2, 0) is 32.1 Å². The summed E-state index contributed by atoms with van der Waals surface area (Å²) in [4.78, 5) is 59.0. The van der Waals surface area contributed by atoms with Gasteiger partial charge in [-0.2, -0.15) is 0 Å². The molecule has 8 N–H and O–H groups in total. The zero-order chi connectivity index (χ0) is 34.8. The van der Waals surface area contributed by atoms with Crippen molar-refractivity contribution in [1.29, 1.82) is 0 Å². The van der Waals surface area contributed by atoms with E-state index in [4.69, 9.17) is 21.9 Å². The van der Waals surface area contributed by atoms with Gasteiger partial charge in [-0.05, 0) is 54.7 Å². The van der Waals surface area contributed by atoms with Gasteiger partial charge >= 0.3 is 6.09 Å². The normalized spacial score (nSPS) is 13.1. The maximum atomic E-state index is 14.3. The number of nitrogens with two attached hydrogens (primary N) is 3. The molecule has 12 heteroatoms. The van der Waals surface area contributed by atoms with Crippen molar-refractivity contribution in [2.24, 2.45) is 34.0 Å². The van der Waals surface area contributed by atoms with Crippen molar-refractivity contribution in [3.8, 4) is 0 Å². The van der Waals surface area contributed by atoms with Crippen LogP contribution in [0.4, 0.5) is 4.79 Å². The maximum absolute atomic E-state index is 14.3. The van der Waals surface area contributed by atoms with Gasteiger partial charge in [0.1, 0.15) is 12.6 Å². The number of nitrogens with one attached hydrogen (secondary N) is 2. The molecule has 0 bridgehead atoms. The summed E-state index contributed by atoms with van der Waals surface area (Å²) in [6.07, 6.45) is 3.69. The number of ether oxygens (including phenoxy) is 1. The first-order valence-electron chi connectivity index (χ1n) is 16.0. The molecule has 12 nitrogen and oxygen atoms in total. The van der Waals surface area contributed by atoms with Crippen LogP contribution in [-0.4, -0.2) is 65.9 Å². The average Bonchev–Trinajstić information content (AvgIpc) is 3.03. The largest absolute Gasteiger partial charge is 0.445 e. The van der Waals surface area contributed by atoms with Crippen LogP contribution in [0.25, 0.3) is 0 Å².